The molecule has 0 aliphatic heterocycles. The van der Waals surface area contributed by atoms with Gasteiger partial charge in [0.2, 0.25) is 11.8 Å². The Bertz CT molecular complexity index is 820. The lowest BCUT2D eigenvalue weighted by Gasteiger charge is -2.05. The molecule has 0 aliphatic rings. The number of carbonyl (C=O) groups excluding carboxylic acids is 2. The molecule has 0 fully saturated rings. The summed E-state index contributed by atoms with van der Waals surface area (Å²) in [5.74, 6) is 0.0637. The number of allylic oxidation sites excluding steroid dienone is 12. The van der Waals surface area contributed by atoms with Crippen LogP contribution in [0.2, 0.25) is 0 Å². The zero-order valence-corrected chi connectivity index (χ0v) is 32.5. The minimum atomic E-state index is -0.175. The normalized spacial score (nSPS) is 11.6. The van der Waals surface area contributed by atoms with Gasteiger partial charge in [0.05, 0.1) is 0 Å². The zero-order valence-electron chi connectivity index (χ0n) is 32.5. The van der Waals surface area contributed by atoms with Crippen LogP contribution in [0.4, 0.5) is 0 Å². The van der Waals surface area contributed by atoms with E-state index in [0.717, 1.165) is 70.8 Å². The van der Waals surface area contributed by atoms with E-state index in [1.165, 1.54) is 77.0 Å². The van der Waals surface area contributed by atoms with Crippen LogP contribution in [0.3, 0.4) is 0 Å². The predicted molar refractivity (Wildman–Crippen MR) is 216 cm³/mol. The highest BCUT2D eigenvalue weighted by atomic mass is 16.1. The van der Waals surface area contributed by atoms with Gasteiger partial charge in [-0.15, -0.1) is 0 Å². The van der Waals surface area contributed by atoms with E-state index in [-0.39, 0.29) is 11.8 Å². The summed E-state index contributed by atoms with van der Waals surface area (Å²) in [6.07, 6.45) is 53.5. The SMILES string of the molecule is CC.CC/C=C\C/C=C\C/C=C\CCCCCCCC(=O)NCCCCCC.CC/C=C\C/C=C\C/C=C\CCCCCCCC(N)=O. The van der Waals surface area contributed by atoms with Gasteiger partial charge in [-0.1, -0.05) is 165 Å². The number of hydrogen-bond acceptors (Lipinski definition) is 2. The number of nitrogens with one attached hydrogen (secondary N) is 1. The molecule has 0 rings (SSSR count). The molecule has 4 heteroatoms. The minimum absolute atomic E-state index is 0.175. The third-order valence-corrected chi connectivity index (χ3v) is 7.48. The first-order valence-electron chi connectivity index (χ1n) is 20.0. The fourth-order valence-corrected chi connectivity index (χ4v) is 4.69. The van der Waals surface area contributed by atoms with Crippen LogP contribution in [0.15, 0.2) is 72.9 Å². The highest BCUT2D eigenvalue weighted by Crippen LogP contribution is 2.09. The van der Waals surface area contributed by atoms with Gasteiger partial charge in [0.15, 0.2) is 0 Å². The quantitative estimate of drug-likeness (QED) is 0.0570. The molecule has 0 unspecified atom stereocenters. The molecule has 3 N–H and O–H groups in total. The molecule has 0 aromatic heterocycles. The number of nitrogens with two attached hydrogens (primary N) is 1. The van der Waals surface area contributed by atoms with Gasteiger partial charge in [0, 0.05) is 19.4 Å². The highest BCUT2D eigenvalue weighted by molar-refractivity contribution is 5.75. The molecule has 0 heterocycles. The maximum Gasteiger partial charge on any atom is 0.219 e. The lowest BCUT2D eigenvalue weighted by molar-refractivity contribution is -0.121. The van der Waals surface area contributed by atoms with Gasteiger partial charge in [-0.2, -0.15) is 0 Å². The molecule has 0 atom stereocenters. The van der Waals surface area contributed by atoms with Gasteiger partial charge in [0.25, 0.3) is 0 Å². The predicted octanol–water partition coefficient (Wildman–Crippen LogP) is 13.4. The second-order valence-electron chi connectivity index (χ2n) is 12.1. The number of primary amides is 1. The van der Waals surface area contributed by atoms with E-state index >= 15 is 0 Å². The smallest absolute Gasteiger partial charge is 0.219 e. The lowest BCUT2D eigenvalue weighted by atomic mass is 10.1. The number of hydrogen-bond donors (Lipinski definition) is 2. The van der Waals surface area contributed by atoms with E-state index in [1.807, 2.05) is 13.8 Å². The summed E-state index contributed by atoms with van der Waals surface area (Å²) in [5.41, 5.74) is 5.09. The van der Waals surface area contributed by atoms with Crippen molar-refractivity contribution in [1.29, 1.82) is 0 Å². The van der Waals surface area contributed by atoms with Crippen LogP contribution in [-0.2, 0) is 9.59 Å². The van der Waals surface area contributed by atoms with Crippen molar-refractivity contribution < 1.29 is 9.59 Å². The monoisotopic (exact) mass is 669 g/mol. The maximum absolute atomic E-state index is 11.7. The van der Waals surface area contributed by atoms with E-state index in [1.54, 1.807) is 0 Å². The zero-order chi connectivity index (χ0) is 36.0. The maximum atomic E-state index is 11.7. The average molecular weight is 669 g/mol. The second kappa shape index (κ2) is 48.8. The van der Waals surface area contributed by atoms with E-state index in [4.69, 9.17) is 5.73 Å². The van der Waals surface area contributed by atoms with Crippen LogP contribution in [0.5, 0.6) is 0 Å². The molecule has 2 amide bonds. The van der Waals surface area contributed by atoms with Crippen molar-refractivity contribution in [2.45, 2.75) is 189 Å². The van der Waals surface area contributed by atoms with Crippen molar-refractivity contribution in [3.05, 3.63) is 72.9 Å². The Labute approximate surface area is 300 Å². The van der Waals surface area contributed by atoms with Gasteiger partial charge in [0.1, 0.15) is 0 Å². The Balaban J connectivity index is -0.000000827. The fraction of sp³-hybridized carbons (Fsp3) is 0.682. The number of unbranched alkanes of at least 4 members (excludes halogenated alkanes) is 13. The van der Waals surface area contributed by atoms with Crippen molar-refractivity contribution >= 4 is 11.8 Å². The van der Waals surface area contributed by atoms with Crippen molar-refractivity contribution in [1.82, 2.24) is 5.32 Å². The lowest BCUT2D eigenvalue weighted by Crippen LogP contribution is -2.23. The van der Waals surface area contributed by atoms with Gasteiger partial charge in [-0.05, 0) is 83.5 Å². The third-order valence-electron chi connectivity index (χ3n) is 7.48. The standard InChI is InChI=1S/C24H43NO.C18H31NO.C2H6/c1-3-5-7-9-10-11-12-13-14-15-16-17-18-19-20-22-24(26)25-23-21-8-6-4-2;1-2-3-4-5-6-7-8-9-10-11-12-13-14-15-16-17-18(19)20;1-2/h5,7,10-11,13-14H,3-4,6,8-9,12,15-23H2,1-2H3,(H,25,26);3-4,6-7,9-10H,2,5,8,11-17H2,1H3,(H2,19,20);1-2H3/b7-5-,11-10-,14-13-;4-3-,7-6-,10-9-;. The average Bonchev–Trinajstić information content (AvgIpc) is 3.09. The van der Waals surface area contributed by atoms with E-state index in [0.29, 0.717) is 12.8 Å². The van der Waals surface area contributed by atoms with Gasteiger partial charge >= 0.3 is 0 Å². The summed E-state index contributed by atoms with van der Waals surface area (Å²) in [4.78, 5) is 22.2. The molecule has 0 saturated carbocycles. The van der Waals surface area contributed by atoms with Gasteiger partial charge < -0.3 is 11.1 Å². The van der Waals surface area contributed by atoms with Crippen LogP contribution in [0.1, 0.15) is 189 Å². The van der Waals surface area contributed by atoms with E-state index in [2.05, 4.69) is 99.0 Å². The Morgan fingerprint density at radius 1 is 0.458 bits per heavy atom. The summed E-state index contributed by atoms with van der Waals surface area (Å²) in [5, 5.41) is 3.03. The minimum Gasteiger partial charge on any atom is -0.370 e. The molecule has 0 spiro atoms. The van der Waals surface area contributed by atoms with Crippen LogP contribution in [0, 0.1) is 0 Å². The van der Waals surface area contributed by atoms with Gasteiger partial charge in [-0.25, -0.2) is 0 Å². The van der Waals surface area contributed by atoms with Crippen molar-refractivity contribution in [2.75, 3.05) is 6.54 Å². The molecule has 0 aromatic rings. The summed E-state index contributed by atoms with van der Waals surface area (Å²) < 4.78 is 0. The number of rotatable bonds is 31. The van der Waals surface area contributed by atoms with E-state index in [9.17, 15) is 9.59 Å². The molecule has 48 heavy (non-hydrogen) atoms. The number of amides is 2. The molecule has 0 bridgehead atoms. The Morgan fingerprint density at radius 2 is 0.833 bits per heavy atom. The van der Waals surface area contributed by atoms with Crippen LogP contribution in [-0.4, -0.2) is 18.4 Å². The fourth-order valence-electron chi connectivity index (χ4n) is 4.69. The first-order chi connectivity index (χ1) is 23.6. The Hall–Kier alpha value is -2.62. The first kappa shape index (κ1) is 49.8. The largest absolute Gasteiger partial charge is 0.370 e. The second-order valence-corrected chi connectivity index (χ2v) is 12.1. The van der Waals surface area contributed by atoms with Gasteiger partial charge in [-0.3, -0.25) is 9.59 Å². The van der Waals surface area contributed by atoms with Crippen LogP contribution >= 0.6 is 0 Å². The van der Waals surface area contributed by atoms with Crippen molar-refractivity contribution in [2.24, 2.45) is 5.73 Å². The summed E-state index contributed by atoms with van der Waals surface area (Å²) >= 11 is 0. The molecule has 0 radical (unpaired) electrons. The summed E-state index contributed by atoms with van der Waals surface area (Å²) in [6.45, 7) is 11.4. The molecule has 4 nitrogen and oxygen atoms in total. The Kier molecular flexibility index (Phi) is 50.6. The summed E-state index contributed by atoms with van der Waals surface area (Å²) in [7, 11) is 0. The van der Waals surface area contributed by atoms with E-state index < -0.39 is 0 Å². The Morgan fingerprint density at radius 3 is 1.27 bits per heavy atom. The highest BCUT2D eigenvalue weighted by Gasteiger charge is 2.00. The van der Waals surface area contributed by atoms with Crippen molar-refractivity contribution in [3.8, 4) is 0 Å². The number of carbonyl (C=O) groups is 2. The molecular weight excluding hydrogens is 588 g/mol. The molecule has 0 aromatic carbocycles. The molecule has 0 aliphatic carbocycles. The molecule has 278 valence electrons. The molecular formula is C44H80N2O2. The van der Waals surface area contributed by atoms with Crippen LogP contribution < -0.4 is 11.1 Å². The van der Waals surface area contributed by atoms with Crippen LogP contribution in [0.25, 0.3) is 0 Å². The third kappa shape index (κ3) is 52.9. The van der Waals surface area contributed by atoms with Crippen molar-refractivity contribution in [3.63, 3.8) is 0 Å². The molecule has 0 saturated heterocycles. The topological polar surface area (TPSA) is 72.2 Å². The summed E-state index contributed by atoms with van der Waals surface area (Å²) in [6, 6.07) is 0. The first-order valence-corrected chi connectivity index (χ1v) is 20.0.